The fourth-order valence-electron chi connectivity index (χ4n) is 7.52. The molecule has 4 aliphatic rings. The van der Waals surface area contributed by atoms with Crippen LogP contribution in [0.15, 0.2) is 95.7 Å². The first-order valence-electron chi connectivity index (χ1n) is 18.2. The first-order chi connectivity index (χ1) is 23.6. The van der Waals surface area contributed by atoms with Crippen LogP contribution in [0.3, 0.4) is 0 Å². The first-order valence-corrected chi connectivity index (χ1v) is 18.2. The van der Waals surface area contributed by atoms with Crippen molar-refractivity contribution in [3.8, 4) is 11.1 Å². The average molecular weight is 736 g/mol. The van der Waals surface area contributed by atoms with Crippen molar-refractivity contribution in [2.45, 2.75) is 70.4 Å². The fourth-order valence-corrected chi connectivity index (χ4v) is 7.52. The summed E-state index contributed by atoms with van der Waals surface area (Å²) in [6, 6.07) is 27.7. The molecular formula is C41H52N5O2Y-. The minimum Gasteiger partial charge on any atom is -0.529 e. The Morgan fingerprint density at radius 2 is 1.47 bits per heavy atom. The topological polar surface area (TPSA) is 68.3 Å². The van der Waals surface area contributed by atoms with E-state index in [0.717, 1.165) is 75.5 Å². The molecule has 1 radical (unpaired) electrons. The van der Waals surface area contributed by atoms with Gasteiger partial charge in [0.05, 0.1) is 6.10 Å². The molecule has 0 aromatic heterocycles. The number of hydrogen-bond acceptors (Lipinski definition) is 6. The molecule has 2 heterocycles. The summed E-state index contributed by atoms with van der Waals surface area (Å²) in [5.74, 6) is 0.608. The molecule has 7 nitrogen and oxygen atoms in total. The number of rotatable bonds is 13. The van der Waals surface area contributed by atoms with Crippen molar-refractivity contribution in [2.24, 2.45) is 11.7 Å². The van der Waals surface area contributed by atoms with Crippen LogP contribution in [0.2, 0.25) is 0 Å². The van der Waals surface area contributed by atoms with Gasteiger partial charge in [0.25, 0.3) is 0 Å². The number of nitrogens with two attached hydrogens (primary N) is 1. The van der Waals surface area contributed by atoms with Crippen LogP contribution < -0.4 is 5.73 Å². The number of allylic oxidation sites excluding steroid dienone is 3. The van der Waals surface area contributed by atoms with Gasteiger partial charge in [0.15, 0.2) is 0 Å². The van der Waals surface area contributed by atoms with Crippen molar-refractivity contribution in [1.82, 2.24) is 14.7 Å². The second kappa shape index (κ2) is 17.6. The third-order valence-electron chi connectivity index (χ3n) is 10.8. The Kier molecular flexibility index (Phi) is 13.0. The van der Waals surface area contributed by atoms with E-state index in [1.807, 2.05) is 36.4 Å². The van der Waals surface area contributed by atoms with Crippen LogP contribution in [0.5, 0.6) is 0 Å². The molecule has 0 spiro atoms. The maximum absolute atomic E-state index is 6.42. The predicted octanol–water partition coefficient (Wildman–Crippen LogP) is 8.43. The Morgan fingerprint density at radius 3 is 2.14 bits per heavy atom. The van der Waals surface area contributed by atoms with E-state index in [4.69, 9.17) is 15.6 Å². The molecule has 0 amide bonds. The predicted molar refractivity (Wildman–Crippen MR) is 195 cm³/mol. The smallest absolute Gasteiger partial charge is 0.0940 e. The van der Waals surface area contributed by atoms with E-state index in [9.17, 15) is 0 Å². The van der Waals surface area contributed by atoms with Crippen LogP contribution in [0.25, 0.3) is 22.3 Å². The SMILES string of the molecule is CN(CCN1CCC(OO[N-]c2ccccc2-c2ccccc2)CC1)C(=C1CCC1)c1ccc(CN2CCC(C(N)=C3CC3)CC2)cc1.[Y]. The van der Waals surface area contributed by atoms with Gasteiger partial charge in [0.1, 0.15) is 0 Å². The molecule has 257 valence electrons. The van der Waals surface area contributed by atoms with Gasteiger partial charge in [-0.2, -0.15) is 0 Å². The Bertz CT molecular complexity index is 1550. The molecule has 0 bridgehead atoms. The molecule has 2 N–H and O–H groups in total. The monoisotopic (exact) mass is 735 g/mol. The Morgan fingerprint density at radius 1 is 0.796 bits per heavy atom. The van der Waals surface area contributed by atoms with Crippen LogP contribution >= 0.6 is 0 Å². The van der Waals surface area contributed by atoms with Crippen molar-refractivity contribution in [3.05, 3.63) is 112 Å². The van der Waals surface area contributed by atoms with Crippen molar-refractivity contribution < 1.29 is 42.6 Å². The van der Waals surface area contributed by atoms with Gasteiger partial charge in [-0.1, -0.05) is 84.4 Å². The van der Waals surface area contributed by atoms with Gasteiger partial charge >= 0.3 is 0 Å². The van der Waals surface area contributed by atoms with Gasteiger partial charge < -0.3 is 26.0 Å². The zero-order chi connectivity index (χ0) is 32.7. The molecule has 3 aromatic carbocycles. The van der Waals surface area contributed by atoms with E-state index in [1.54, 1.807) is 5.57 Å². The number of piperidine rings is 2. The van der Waals surface area contributed by atoms with Gasteiger partial charge in [-0.3, -0.25) is 4.90 Å². The van der Waals surface area contributed by atoms with Crippen LogP contribution in [0.1, 0.15) is 68.9 Å². The van der Waals surface area contributed by atoms with Crippen LogP contribution in [-0.4, -0.2) is 67.1 Å². The molecule has 4 fully saturated rings. The molecule has 7 rings (SSSR count). The zero-order valence-electron chi connectivity index (χ0n) is 29.2. The maximum Gasteiger partial charge on any atom is 0.0940 e. The zero-order valence-corrected chi connectivity index (χ0v) is 32.1. The fraction of sp³-hybridized carbons (Fsp3) is 0.463. The van der Waals surface area contributed by atoms with E-state index in [0.29, 0.717) is 5.92 Å². The largest absolute Gasteiger partial charge is 0.529 e. The molecule has 2 saturated carbocycles. The van der Waals surface area contributed by atoms with Gasteiger partial charge in [-0.25, -0.2) is 4.89 Å². The van der Waals surface area contributed by atoms with Gasteiger partial charge in [0, 0.05) is 89.8 Å². The van der Waals surface area contributed by atoms with E-state index < -0.39 is 0 Å². The van der Waals surface area contributed by atoms with Crippen molar-refractivity contribution in [3.63, 3.8) is 0 Å². The summed E-state index contributed by atoms with van der Waals surface area (Å²) in [7, 11) is 2.28. The number of benzene rings is 3. The van der Waals surface area contributed by atoms with Crippen molar-refractivity contribution in [1.29, 1.82) is 0 Å². The van der Waals surface area contributed by atoms with Gasteiger partial charge in [0.2, 0.25) is 0 Å². The van der Waals surface area contributed by atoms with Crippen molar-refractivity contribution >= 4 is 11.4 Å². The van der Waals surface area contributed by atoms with E-state index in [1.165, 1.54) is 73.0 Å². The van der Waals surface area contributed by atoms with Crippen LogP contribution in [0.4, 0.5) is 5.69 Å². The molecular weight excluding hydrogens is 683 g/mol. The first kappa shape index (κ1) is 36.3. The maximum atomic E-state index is 6.42. The Labute approximate surface area is 318 Å². The molecule has 0 atom stereocenters. The average Bonchev–Trinajstić information content (AvgIpc) is 3.96. The summed E-state index contributed by atoms with van der Waals surface area (Å²) in [5, 5.41) is 0. The molecule has 0 unspecified atom stereocenters. The third-order valence-corrected chi connectivity index (χ3v) is 10.8. The van der Waals surface area contributed by atoms with Crippen LogP contribution in [0, 0.1) is 5.92 Å². The Hall–Kier alpha value is -2.52. The van der Waals surface area contributed by atoms with Crippen molar-refractivity contribution in [2.75, 3.05) is 46.3 Å². The summed E-state index contributed by atoms with van der Waals surface area (Å²) >= 11 is 0. The molecule has 3 aromatic rings. The summed E-state index contributed by atoms with van der Waals surface area (Å²) in [5.41, 5.74) is 22.2. The standard InChI is InChI=1S/C41H52N5O2.Y/c1-44(28-29-45-26-22-37(23-27-45)47-48-43-39-13-6-5-12-38(39)32-8-3-2-4-9-32)41(35-10-7-11-35)36-16-14-31(15-17-36)30-46-24-20-34(21-25-46)40(42)33-18-19-33;/h2-6,8-9,12-17,34,37H,7,10-11,18-30,42H2,1H3;/q-1;. The van der Waals surface area contributed by atoms with Gasteiger partial charge in [-0.05, 0) is 98.7 Å². The minimum atomic E-state index is 0. The summed E-state index contributed by atoms with van der Waals surface area (Å²) in [6.45, 7) is 7.40. The number of hydrogen-bond donors (Lipinski definition) is 1. The summed E-state index contributed by atoms with van der Waals surface area (Å²) in [4.78, 5) is 18.9. The number of likely N-dealkylation sites (tertiary alicyclic amines) is 2. The minimum absolute atomic E-state index is 0. The Balaban J connectivity index is 0.00000417. The van der Waals surface area contributed by atoms with E-state index in [-0.39, 0.29) is 38.8 Å². The van der Waals surface area contributed by atoms with E-state index in [2.05, 4.69) is 69.7 Å². The summed E-state index contributed by atoms with van der Waals surface area (Å²) in [6.07, 6.45) is 10.6. The summed E-state index contributed by atoms with van der Waals surface area (Å²) < 4.78 is 0. The normalized spacial score (nSPS) is 18.8. The molecule has 8 heteroatoms. The molecule has 49 heavy (non-hydrogen) atoms. The molecule has 2 saturated heterocycles. The quantitative estimate of drug-likeness (QED) is 0.141. The molecule has 2 aliphatic carbocycles. The third kappa shape index (κ3) is 9.63. The van der Waals surface area contributed by atoms with Gasteiger partial charge in [-0.15, -0.1) is 5.69 Å². The second-order valence-electron chi connectivity index (χ2n) is 14.2. The van der Waals surface area contributed by atoms with E-state index >= 15 is 0 Å². The molecule has 2 aliphatic heterocycles. The second-order valence-corrected chi connectivity index (χ2v) is 14.2. The van der Waals surface area contributed by atoms with Crippen LogP contribution in [-0.2, 0) is 49.1 Å². The number of nitrogens with zero attached hydrogens (tertiary/aromatic N) is 4. The number of likely N-dealkylation sites (N-methyl/N-ethyl adjacent to an activating group) is 1.